The second-order valence-electron chi connectivity index (χ2n) is 8.36. The average molecular weight is 475 g/mol. The average Bonchev–Trinajstić information content (AvgIpc) is 2.82. The summed E-state index contributed by atoms with van der Waals surface area (Å²) in [7, 11) is -3.45. The standard InChI is InChI=1S/C25H34N2O5S/c1-4-23(32-24-13-8-19(2)18-20(24)3)25(28)26-14-17-31-21-9-11-22(12-10-21)33(29,30)27-15-6-5-7-16-27/h8-13,18,23H,4-7,14-17H2,1-3H3,(H,26,28)/t23-/m0/s1. The van der Waals surface area contributed by atoms with Crippen LogP contribution in [0.15, 0.2) is 47.4 Å². The number of sulfonamides is 1. The quantitative estimate of drug-likeness (QED) is 0.529. The summed E-state index contributed by atoms with van der Waals surface area (Å²) in [5.74, 6) is 1.07. The maximum atomic E-state index is 12.7. The van der Waals surface area contributed by atoms with E-state index in [1.165, 1.54) is 0 Å². The van der Waals surface area contributed by atoms with Gasteiger partial charge < -0.3 is 14.8 Å². The number of ether oxygens (including phenoxy) is 2. The molecule has 3 rings (SSSR count). The van der Waals surface area contributed by atoms with Crippen LogP contribution in [0.25, 0.3) is 0 Å². The Kier molecular flexibility index (Phi) is 8.74. The first-order valence-electron chi connectivity index (χ1n) is 11.6. The third kappa shape index (κ3) is 6.71. The molecular formula is C25H34N2O5S. The van der Waals surface area contributed by atoms with Crippen molar-refractivity contribution in [3.63, 3.8) is 0 Å². The number of carbonyl (C=O) groups excluding carboxylic acids is 1. The topological polar surface area (TPSA) is 84.9 Å². The van der Waals surface area contributed by atoms with Crippen molar-refractivity contribution in [2.45, 2.75) is 57.5 Å². The minimum Gasteiger partial charge on any atom is -0.492 e. The maximum absolute atomic E-state index is 12.7. The minimum atomic E-state index is -3.45. The van der Waals surface area contributed by atoms with Gasteiger partial charge in [0.2, 0.25) is 10.0 Å². The Bertz CT molecular complexity index is 1030. The van der Waals surface area contributed by atoms with Crippen molar-refractivity contribution >= 4 is 15.9 Å². The molecule has 180 valence electrons. The van der Waals surface area contributed by atoms with E-state index in [4.69, 9.17) is 9.47 Å². The van der Waals surface area contributed by atoms with Crippen molar-refractivity contribution in [3.8, 4) is 11.5 Å². The summed E-state index contributed by atoms with van der Waals surface area (Å²) in [6, 6.07) is 12.3. The lowest BCUT2D eigenvalue weighted by molar-refractivity contribution is -0.128. The van der Waals surface area contributed by atoms with E-state index < -0.39 is 16.1 Å². The number of carbonyl (C=O) groups is 1. The van der Waals surface area contributed by atoms with Crippen molar-refractivity contribution in [2.75, 3.05) is 26.2 Å². The van der Waals surface area contributed by atoms with Gasteiger partial charge >= 0.3 is 0 Å². The predicted molar refractivity (Wildman–Crippen MR) is 128 cm³/mol. The molecule has 1 aliphatic rings. The second kappa shape index (κ2) is 11.5. The number of aryl methyl sites for hydroxylation is 2. The van der Waals surface area contributed by atoms with Crippen LogP contribution in [0.5, 0.6) is 11.5 Å². The summed E-state index contributed by atoms with van der Waals surface area (Å²) >= 11 is 0. The van der Waals surface area contributed by atoms with E-state index in [1.807, 2.05) is 39.0 Å². The zero-order valence-electron chi connectivity index (χ0n) is 19.7. The highest BCUT2D eigenvalue weighted by Crippen LogP contribution is 2.23. The molecule has 1 fully saturated rings. The minimum absolute atomic E-state index is 0.191. The van der Waals surface area contributed by atoms with E-state index in [2.05, 4.69) is 5.32 Å². The molecule has 0 radical (unpaired) electrons. The van der Waals surface area contributed by atoms with Crippen molar-refractivity contribution in [2.24, 2.45) is 0 Å². The number of nitrogens with zero attached hydrogens (tertiary/aromatic N) is 1. The van der Waals surface area contributed by atoms with Crippen LogP contribution in [-0.4, -0.2) is 51.0 Å². The summed E-state index contributed by atoms with van der Waals surface area (Å²) in [6.07, 6.45) is 2.85. The lowest BCUT2D eigenvalue weighted by atomic mass is 10.1. The van der Waals surface area contributed by atoms with Crippen molar-refractivity contribution < 1.29 is 22.7 Å². The zero-order valence-corrected chi connectivity index (χ0v) is 20.5. The third-order valence-corrected chi connectivity index (χ3v) is 7.62. The molecule has 1 heterocycles. The Morgan fingerprint density at radius 1 is 1.06 bits per heavy atom. The van der Waals surface area contributed by atoms with E-state index in [9.17, 15) is 13.2 Å². The third-order valence-electron chi connectivity index (χ3n) is 5.71. The van der Waals surface area contributed by atoms with E-state index in [1.54, 1.807) is 28.6 Å². The first-order valence-corrected chi connectivity index (χ1v) is 13.0. The van der Waals surface area contributed by atoms with Gasteiger partial charge in [0.15, 0.2) is 6.10 Å². The van der Waals surface area contributed by atoms with Gasteiger partial charge in [0.25, 0.3) is 5.91 Å². The molecule has 7 nitrogen and oxygen atoms in total. The highest BCUT2D eigenvalue weighted by atomic mass is 32.2. The SMILES string of the molecule is CC[C@H](Oc1ccc(C)cc1C)C(=O)NCCOc1ccc(S(=O)(=O)N2CCCCC2)cc1. The Morgan fingerprint density at radius 2 is 1.76 bits per heavy atom. The molecule has 1 amide bonds. The fourth-order valence-electron chi connectivity index (χ4n) is 3.83. The number of nitrogens with one attached hydrogen (secondary N) is 1. The number of piperidine rings is 1. The number of benzene rings is 2. The van der Waals surface area contributed by atoms with Gasteiger partial charge in [0.05, 0.1) is 11.4 Å². The Morgan fingerprint density at radius 3 is 2.39 bits per heavy atom. The maximum Gasteiger partial charge on any atom is 0.261 e. The van der Waals surface area contributed by atoms with Gasteiger partial charge in [-0.2, -0.15) is 4.31 Å². The lowest BCUT2D eigenvalue weighted by Gasteiger charge is -2.25. The molecule has 0 aromatic heterocycles. The number of amides is 1. The van der Waals surface area contributed by atoms with Gasteiger partial charge in [-0.3, -0.25) is 4.79 Å². The van der Waals surface area contributed by atoms with Crippen LogP contribution in [0, 0.1) is 13.8 Å². The Labute approximate surface area is 197 Å². The summed E-state index contributed by atoms with van der Waals surface area (Å²) < 4.78 is 38.6. The van der Waals surface area contributed by atoms with Gasteiger partial charge in [0.1, 0.15) is 18.1 Å². The molecular weight excluding hydrogens is 440 g/mol. The smallest absolute Gasteiger partial charge is 0.261 e. The second-order valence-corrected chi connectivity index (χ2v) is 10.3. The van der Waals surface area contributed by atoms with Gasteiger partial charge in [0, 0.05) is 13.1 Å². The highest BCUT2D eigenvalue weighted by molar-refractivity contribution is 7.89. The molecule has 8 heteroatoms. The van der Waals surface area contributed by atoms with E-state index in [0.717, 1.165) is 30.4 Å². The molecule has 2 aromatic carbocycles. The first kappa shape index (κ1) is 25.1. The fourth-order valence-corrected chi connectivity index (χ4v) is 5.34. The number of hydrogen-bond acceptors (Lipinski definition) is 5. The molecule has 1 aliphatic heterocycles. The molecule has 1 N–H and O–H groups in total. The first-order chi connectivity index (χ1) is 15.8. The summed E-state index contributed by atoms with van der Waals surface area (Å²) in [4.78, 5) is 12.8. The van der Waals surface area contributed by atoms with Crippen LogP contribution in [0.2, 0.25) is 0 Å². The molecule has 0 unspecified atom stereocenters. The number of hydrogen-bond donors (Lipinski definition) is 1. The van der Waals surface area contributed by atoms with Gasteiger partial charge in [-0.05, 0) is 69.0 Å². The molecule has 2 aromatic rings. The Balaban J connectivity index is 1.46. The summed E-state index contributed by atoms with van der Waals surface area (Å²) in [5, 5.41) is 2.84. The normalized spacial score (nSPS) is 15.6. The molecule has 0 saturated carbocycles. The van der Waals surface area contributed by atoms with Crippen molar-refractivity contribution in [1.82, 2.24) is 9.62 Å². The molecule has 33 heavy (non-hydrogen) atoms. The van der Waals surface area contributed by atoms with Gasteiger partial charge in [-0.1, -0.05) is 31.0 Å². The molecule has 1 saturated heterocycles. The number of rotatable bonds is 10. The molecule has 0 bridgehead atoms. The van der Waals surface area contributed by atoms with Gasteiger partial charge in [-0.25, -0.2) is 8.42 Å². The van der Waals surface area contributed by atoms with Gasteiger partial charge in [-0.15, -0.1) is 0 Å². The lowest BCUT2D eigenvalue weighted by Crippen LogP contribution is -2.39. The van der Waals surface area contributed by atoms with Crippen LogP contribution in [-0.2, 0) is 14.8 Å². The van der Waals surface area contributed by atoms with Crippen molar-refractivity contribution in [3.05, 3.63) is 53.6 Å². The Hall–Kier alpha value is -2.58. The highest BCUT2D eigenvalue weighted by Gasteiger charge is 2.25. The van der Waals surface area contributed by atoms with E-state index in [-0.39, 0.29) is 17.4 Å². The van der Waals surface area contributed by atoms with E-state index >= 15 is 0 Å². The van der Waals surface area contributed by atoms with Crippen molar-refractivity contribution in [1.29, 1.82) is 0 Å². The zero-order chi connectivity index (χ0) is 23.8. The van der Waals surface area contributed by atoms with Crippen LogP contribution >= 0.6 is 0 Å². The summed E-state index contributed by atoms with van der Waals surface area (Å²) in [5.41, 5.74) is 2.14. The molecule has 1 atom stereocenters. The largest absolute Gasteiger partial charge is 0.492 e. The molecule has 0 spiro atoms. The summed E-state index contributed by atoms with van der Waals surface area (Å²) in [6.45, 7) is 7.62. The van der Waals surface area contributed by atoms with Crippen LogP contribution < -0.4 is 14.8 Å². The predicted octanol–water partition coefficient (Wildman–Crippen LogP) is 3.83. The van der Waals surface area contributed by atoms with Crippen LogP contribution in [0.4, 0.5) is 0 Å². The fraction of sp³-hybridized carbons (Fsp3) is 0.480. The monoisotopic (exact) mass is 474 g/mol. The molecule has 0 aliphatic carbocycles. The van der Waals surface area contributed by atoms with E-state index in [0.29, 0.717) is 37.6 Å². The van der Waals surface area contributed by atoms with Crippen LogP contribution in [0.1, 0.15) is 43.7 Å². The van der Waals surface area contributed by atoms with Crippen LogP contribution in [0.3, 0.4) is 0 Å².